The van der Waals surface area contributed by atoms with Gasteiger partial charge in [0.1, 0.15) is 0 Å². The van der Waals surface area contributed by atoms with E-state index in [0.29, 0.717) is 18.0 Å². The lowest BCUT2D eigenvalue weighted by atomic mass is 9.98. The van der Waals surface area contributed by atoms with Crippen LogP contribution < -0.4 is 0 Å². The second kappa shape index (κ2) is 4.11. The highest BCUT2D eigenvalue weighted by Crippen LogP contribution is 2.29. The van der Waals surface area contributed by atoms with Crippen LogP contribution in [0.5, 0.6) is 0 Å². The summed E-state index contributed by atoms with van der Waals surface area (Å²) in [7, 11) is 0. The predicted octanol–water partition coefficient (Wildman–Crippen LogP) is 2.26. The van der Waals surface area contributed by atoms with Gasteiger partial charge in [-0.2, -0.15) is 5.26 Å². The van der Waals surface area contributed by atoms with Gasteiger partial charge in [0.15, 0.2) is 0 Å². The first-order valence-electron chi connectivity index (χ1n) is 5.21. The molecule has 13 heavy (non-hydrogen) atoms. The zero-order chi connectivity index (χ0) is 10.0. The molecule has 1 aliphatic rings. The third kappa shape index (κ3) is 2.22. The maximum atomic E-state index is 8.89. The van der Waals surface area contributed by atoms with Gasteiger partial charge in [-0.15, -0.1) is 0 Å². The SMILES string of the molecule is CC(C)[C@@H]1C[C@@H](C#N)CN1C(C)C. The Morgan fingerprint density at radius 1 is 1.31 bits per heavy atom. The Balaban J connectivity index is 2.66. The molecule has 1 rings (SSSR count). The van der Waals surface area contributed by atoms with Crippen LogP contribution in [0.3, 0.4) is 0 Å². The lowest BCUT2D eigenvalue weighted by Gasteiger charge is -2.30. The van der Waals surface area contributed by atoms with Crippen LogP contribution in [0.4, 0.5) is 0 Å². The molecule has 0 spiro atoms. The smallest absolute Gasteiger partial charge is 0.0669 e. The van der Waals surface area contributed by atoms with Crippen molar-refractivity contribution in [1.29, 1.82) is 5.26 Å². The molecule has 2 atom stereocenters. The van der Waals surface area contributed by atoms with Crippen molar-refractivity contribution in [3.8, 4) is 6.07 Å². The van der Waals surface area contributed by atoms with Gasteiger partial charge in [-0.25, -0.2) is 0 Å². The molecule has 1 aliphatic heterocycles. The van der Waals surface area contributed by atoms with Crippen molar-refractivity contribution in [1.82, 2.24) is 4.90 Å². The number of nitrogens with zero attached hydrogens (tertiary/aromatic N) is 2. The van der Waals surface area contributed by atoms with Gasteiger partial charge >= 0.3 is 0 Å². The maximum absolute atomic E-state index is 8.89. The zero-order valence-electron chi connectivity index (χ0n) is 9.12. The van der Waals surface area contributed by atoms with Gasteiger partial charge in [0.05, 0.1) is 12.0 Å². The van der Waals surface area contributed by atoms with E-state index in [9.17, 15) is 0 Å². The molecule has 1 saturated heterocycles. The normalized spacial score (nSPS) is 29.9. The molecular weight excluding hydrogens is 160 g/mol. The Labute approximate surface area is 81.5 Å². The van der Waals surface area contributed by atoms with Crippen LogP contribution in [-0.2, 0) is 0 Å². The molecule has 1 heterocycles. The third-order valence-electron chi connectivity index (χ3n) is 3.00. The van der Waals surface area contributed by atoms with E-state index in [1.807, 2.05) is 0 Å². The quantitative estimate of drug-likeness (QED) is 0.651. The lowest BCUT2D eigenvalue weighted by Crippen LogP contribution is -2.38. The molecule has 0 aromatic rings. The summed E-state index contributed by atoms with van der Waals surface area (Å²) in [6, 6.07) is 3.58. The molecule has 0 N–H and O–H groups in total. The summed E-state index contributed by atoms with van der Waals surface area (Å²) in [5.74, 6) is 0.926. The lowest BCUT2D eigenvalue weighted by molar-refractivity contribution is 0.165. The van der Waals surface area contributed by atoms with Gasteiger partial charge in [0.2, 0.25) is 0 Å². The van der Waals surface area contributed by atoms with Crippen LogP contribution in [-0.4, -0.2) is 23.5 Å². The number of hydrogen-bond donors (Lipinski definition) is 0. The largest absolute Gasteiger partial charge is 0.296 e. The van der Waals surface area contributed by atoms with E-state index < -0.39 is 0 Å². The second-order valence-electron chi connectivity index (χ2n) is 4.66. The van der Waals surface area contributed by atoms with Gasteiger partial charge in [-0.05, 0) is 26.2 Å². The summed E-state index contributed by atoms with van der Waals surface area (Å²) in [6.07, 6.45) is 1.06. The highest BCUT2D eigenvalue weighted by atomic mass is 15.2. The maximum Gasteiger partial charge on any atom is 0.0669 e. The fourth-order valence-corrected chi connectivity index (χ4v) is 2.23. The van der Waals surface area contributed by atoms with Crippen LogP contribution in [0, 0.1) is 23.2 Å². The number of likely N-dealkylation sites (tertiary alicyclic amines) is 1. The molecule has 0 aliphatic carbocycles. The minimum absolute atomic E-state index is 0.259. The first kappa shape index (κ1) is 10.5. The molecule has 0 aromatic heterocycles. The minimum Gasteiger partial charge on any atom is -0.296 e. The molecule has 1 fully saturated rings. The Bertz CT molecular complexity index is 187. The van der Waals surface area contributed by atoms with Crippen LogP contribution in [0.25, 0.3) is 0 Å². The van der Waals surface area contributed by atoms with E-state index >= 15 is 0 Å². The Kier molecular flexibility index (Phi) is 3.33. The number of hydrogen-bond acceptors (Lipinski definition) is 2. The summed E-state index contributed by atoms with van der Waals surface area (Å²) in [4.78, 5) is 2.47. The van der Waals surface area contributed by atoms with E-state index in [0.717, 1.165) is 13.0 Å². The predicted molar refractivity (Wildman–Crippen MR) is 54.2 cm³/mol. The van der Waals surface area contributed by atoms with Crippen molar-refractivity contribution in [2.45, 2.75) is 46.2 Å². The molecule has 0 amide bonds. The van der Waals surface area contributed by atoms with E-state index in [1.165, 1.54) is 0 Å². The summed E-state index contributed by atoms with van der Waals surface area (Å²) >= 11 is 0. The van der Waals surface area contributed by atoms with Crippen molar-refractivity contribution in [2.24, 2.45) is 11.8 Å². The first-order chi connectivity index (χ1) is 6.06. The monoisotopic (exact) mass is 180 g/mol. The zero-order valence-corrected chi connectivity index (χ0v) is 9.12. The van der Waals surface area contributed by atoms with Crippen LogP contribution in [0.1, 0.15) is 34.1 Å². The average molecular weight is 180 g/mol. The molecule has 0 saturated carbocycles. The van der Waals surface area contributed by atoms with Gasteiger partial charge < -0.3 is 0 Å². The van der Waals surface area contributed by atoms with Crippen molar-refractivity contribution in [3.05, 3.63) is 0 Å². The van der Waals surface area contributed by atoms with Crippen molar-refractivity contribution >= 4 is 0 Å². The third-order valence-corrected chi connectivity index (χ3v) is 3.00. The summed E-state index contributed by atoms with van der Waals surface area (Å²) in [5, 5.41) is 8.89. The van der Waals surface area contributed by atoms with E-state index in [1.54, 1.807) is 0 Å². The van der Waals surface area contributed by atoms with Gasteiger partial charge in [0, 0.05) is 18.6 Å². The average Bonchev–Trinajstić information content (AvgIpc) is 2.47. The highest BCUT2D eigenvalue weighted by molar-refractivity contribution is 4.97. The van der Waals surface area contributed by atoms with Crippen molar-refractivity contribution < 1.29 is 0 Å². The fourth-order valence-electron chi connectivity index (χ4n) is 2.23. The van der Waals surface area contributed by atoms with E-state index in [4.69, 9.17) is 5.26 Å². The Morgan fingerprint density at radius 2 is 1.92 bits per heavy atom. The molecule has 2 heteroatoms. The van der Waals surface area contributed by atoms with Crippen molar-refractivity contribution in [3.63, 3.8) is 0 Å². The fraction of sp³-hybridized carbons (Fsp3) is 0.909. The van der Waals surface area contributed by atoms with Crippen LogP contribution >= 0.6 is 0 Å². The topological polar surface area (TPSA) is 27.0 Å². The summed E-state index contributed by atoms with van der Waals surface area (Å²) in [5.41, 5.74) is 0. The first-order valence-corrected chi connectivity index (χ1v) is 5.21. The number of rotatable bonds is 2. The minimum atomic E-state index is 0.259. The van der Waals surface area contributed by atoms with Crippen molar-refractivity contribution in [2.75, 3.05) is 6.54 Å². The van der Waals surface area contributed by atoms with Crippen LogP contribution in [0.2, 0.25) is 0 Å². The molecular formula is C11H20N2. The molecule has 0 unspecified atom stereocenters. The Hall–Kier alpha value is -0.550. The molecule has 2 nitrogen and oxygen atoms in total. The standard InChI is InChI=1S/C11H20N2/c1-8(2)11-5-10(6-12)7-13(11)9(3)4/h8-11H,5,7H2,1-4H3/t10-,11-/m0/s1. The highest BCUT2D eigenvalue weighted by Gasteiger charge is 2.34. The van der Waals surface area contributed by atoms with E-state index in [-0.39, 0.29) is 5.92 Å². The van der Waals surface area contributed by atoms with Gasteiger partial charge in [0.25, 0.3) is 0 Å². The molecule has 0 radical (unpaired) electrons. The summed E-state index contributed by atoms with van der Waals surface area (Å²) in [6.45, 7) is 9.90. The molecule has 0 aromatic carbocycles. The second-order valence-corrected chi connectivity index (χ2v) is 4.66. The molecule has 0 bridgehead atoms. The number of nitriles is 1. The Morgan fingerprint density at radius 3 is 2.23 bits per heavy atom. The van der Waals surface area contributed by atoms with Gasteiger partial charge in [-0.3, -0.25) is 4.90 Å². The van der Waals surface area contributed by atoms with Crippen LogP contribution in [0.15, 0.2) is 0 Å². The van der Waals surface area contributed by atoms with Gasteiger partial charge in [-0.1, -0.05) is 13.8 Å². The molecule has 74 valence electrons. The summed E-state index contributed by atoms with van der Waals surface area (Å²) < 4.78 is 0. The van der Waals surface area contributed by atoms with E-state index in [2.05, 4.69) is 38.7 Å².